The number of methoxy groups -OCH3 is 1. The molecule has 0 bridgehead atoms. The lowest BCUT2D eigenvalue weighted by molar-refractivity contribution is 0.312. The molecule has 0 aliphatic rings. The monoisotopic (exact) mass is 509 g/mol. The quantitative estimate of drug-likeness (QED) is 0.357. The Balaban J connectivity index is 1.67. The highest BCUT2D eigenvalue weighted by atomic mass is 35.5. The van der Waals surface area contributed by atoms with Gasteiger partial charge in [-0.2, -0.15) is 15.0 Å². The minimum atomic E-state index is -3.24. The lowest BCUT2D eigenvalue weighted by Gasteiger charge is -2.11. The van der Waals surface area contributed by atoms with E-state index >= 15 is 0 Å². The smallest absolute Gasteiger partial charge is 0.321 e. The average Bonchev–Trinajstić information content (AvgIpc) is 2.80. The van der Waals surface area contributed by atoms with E-state index in [1.807, 2.05) is 0 Å². The first-order valence-corrected chi connectivity index (χ1v) is 12.7. The molecule has 0 radical (unpaired) electrons. The number of nitrogens with one attached hydrogen (secondary N) is 2. The molecule has 34 heavy (non-hydrogen) atoms. The van der Waals surface area contributed by atoms with Crippen LogP contribution in [0.3, 0.4) is 0 Å². The van der Waals surface area contributed by atoms with Crippen LogP contribution in [0.15, 0.2) is 42.5 Å². The third kappa shape index (κ3) is 8.08. The minimum absolute atomic E-state index is 0.138. The van der Waals surface area contributed by atoms with Crippen molar-refractivity contribution in [3.05, 3.63) is 58.9 Å². The van der Waals surface area contributed by atoms with E-state index in [1.54, 1.807) is 30.3 Å². The molecule has 0 atom stereocenters. The van der Waals surface area contributed by atoms with Crippen molar-refractivity contribution in [1.29, 1.82) is 0 Å². The molecular weight excluding hydrogens is 485 g/mol. The molecule has 3 aromatic rings. The lowest BCUT2D eigenvalue weighted by Crippen LogP contribution is -2.24. The molecule has 0 saturated heterocycles. The first-order valence-electron chi connectivity index (χ1n) is 10.4. The molecule has 0 aliphatic heterocycles. The van der Waals surface area contributed by atoms with E-state index in [0.717, 1.165) is 11.8 Å². The molecule has 0 fully saturated rings. The number of ether oxygens (including phenoxy) is 2. The van der Waals surface area contributed by atoms with Crippen LogP contribution in [0.1, 0.15) is 12.0 Å². The molecule has 0 saturated carbocycles. The Morgan fingerprint density at radius 1 is 1.06 bits per heavy atom. The predicted octanol–water partition coefficient (Wildman–Crippen LogP) is 3.31. The van der Waals surface area contributed by atoms with Gasteiger partial charge >= 0.3 is 6.01 Å². The summed E-state index contributed by atoms with van der Waals surface area (Å²) in [5.74, 6) is 0.828. The van der Waals surface area contributed by atoms with Crippen LogP contribution in [0.5, 0.6) is 11.8 Å². The van der Waals surface area contributed by atoms with E-state index in [-0.39, 0.29) is 25.0 Å². The van der Waals surface area contributed by atoms with Gasteiger partial charge in [0.15, 0.2) is 5.82 Å². The Morgan fingerprint density at radius 3 is 2.53 bits per heavy atom. The third-order valence-corrected chi connectivity index (χ3v) is 5.58. The highest BCUT2D eigenvalue weighted by Gasteiger charge is 2.12. The summed E-state index contributed by atoms with van der Waals surface area (Å²) < 4.78 is 48.6. The molecule has 12 heteroatoms. The summed E-state index contributed by atoms with van der Waals surface area (Å²) in [5, 5.41) is 3.53. The highest BCUT2D eigenvalue weighted by Crippen LogP contribution is 2.30. The number of aromatic nitrogens is 3. The summed E-state index contributed by atoms with van der Waals surface area (Å²) in [6, 6.07) is 11.5. The van der Waals surface area contributed by atoms with Gasteiger partial charge in [0.1, 0.15) is 11.6 Å². The van der Waals surface area contributed by atoms with Crippen LogP contribution in [-0.4, -0.2) is 56.4 Å². The van der Waals surface area contributed by atoms with Crippen molar-refractivity contribution in [2.24, 2.45) is 0 Å². The molecule has 0 amide bonds. The summed E-state index contributed by atoms with van der Waals surface area (Å²) in [7, 11) is -1.78. The Bertz CT molecular complexity index is 1210. The second-order valence-corrected chi connectivity index (χ2v) is 9.53. The van der Waals surface area contributed by atoms with Gasteiger partial charge in [-0.15, -0.1) is 0 Å². The zero-order chi connectivity index (χ0) is 24.6. The van der Waals surface area contributed by atoms with Gasteiger partial charge in [0, 0.05) is 18.7 Å². The van der Waals surface area contributed by atoms with E-state index in [1.165, 1.54) is 19.2 Å². The predicted molar refractivity (Wildman–Crippen MR) is 128 cm³/mol. The molecular formula is C22H25ClFN5O4S. The maximum atomic E-state index is 13.1. The van der Waals surface area contributed by atoms with E-state index < -0.39 is 10.0 Å². The maximum absolute atomic E-state index is 13.1. The first-order chi connectivity index (χ1) is 16.2. The van der Waals surface area contributed by atoms with Gasteiger partial charge in [0.2, 0.25) is 16.0 Å². The number of sulfonamides is 1. The number of rotatable bonds is 12. The Morgan fingerprint density at radius 2 is 1.82 bits per heavy atom. The fourth-order valence-electron chi connectivity index (χ4n) is 2.89. The molecule has 182 valence electrons. The molecule has 9 nitrogen and oxygen atoms in total. The maximum Gasteiger partial charge on any atom is 0.321 e. The fraction of sp³-hybridized carbons (Fsp3) is 0.318. The van der Waals surface area contributed by atoms with Gasteiger partial charge < -0.3 is 14.8 Å². The number of benzene rings is 2. The summed E-state index contributed by atoms with van der Waals surface area (Å²) in [5.41, 5.74) is 1.61. The van der Waals surface area contributed by atoms with Gasteiger partial charge in [-0.25, -0.2) is 17.5 Å². The highest BCUT2D eigenvalue weighted by molar-refractivity contribution is 7.88. The fourth-order valence-corrected chi connectivity index (χ4v) is 3.58. The SMILES string of the molecule is COc1nc(NCCc2ccc(F)cc2)nc(-c2ccc(Cl)c(OCCCNS(C)(=O)=O)c2)n1. The van der Waals surface area contributed by atoms with E-state index in [9.17, 15) is 12.8 Å². The lowest BCUT2D eigenvalue weighted by atomic mass is 10.1. The number of hydrogen-bond acceptors (Lipinski definition) is 8. The molecule has 1 aromatic heterocycles. The topological polar surface area (TPSA) is 115 Å². The van der Waals surface area contributed by atoms with Crippen molar-refractivity contribution in [2.45, 2.75) is 12.8 Å². The van der Waals surface area contributed by atoms with Crippen LogP contribution in [0, 0.1) is 5.82 Å². The van der Waals surface area contributed by atoms with Crippen molar-refractivity contribution < 1.29 is 22.3 Å². The van der Waals surface area contributed by atoms with E-state index in [0.29, 0.717) is 47.5 Å². The van der Waals surface area contributed by atoms with Gasteiger partial charge in [-0.05, 0) is 48.7 Å². The number of hydrogen-bond donors (Lipinski definition) is 2. The van der Waals surface area contributed by atoms with Crippen LogP contribution in [0.2, 0.25) is 5.02 Å². The van der Waals surface area contributed by atoms with Crippen LogP contribution in [-0.2, 0) is 16.4 Å². The van der Waals surface area contributed by atoms with Gasteiger partial charge in [-0.3, -0.25) is 0 Å². The summed E-state index contributed by atoms with van der Waals surface area (Å²) in [6.45, 7) is 1.05. The number of nitrogens with zero attached hydrogens (tertiary/aromatic N) is 3. The van der Waals surface area contributed by atoms with E-state index in [4.69, 9.17) is 21.1 Å². The number of anilines is 1. The molecule has 0 aliphatic carbocycles. The van der Waals surface area contributed by atoms with Crippen LogP contribution < -0.4 is 19.5 Å². The first kappa shape index (κ1) is 25.6. The second kappa shape index (κ2) is 11.9. The third-order valence-electron chi connectivity index (χ3n) is 4.54. The van der Waals surface area contributed by atoms with Gasteiger partial charge in [-0.1, -0.05) is 23.7 Å². The zero-order valence-corrected chi connectivity index (χ0v) is 20.3. The average molecular weight is 510 g/mol. The van der Waals surface area contributed by atoms with E-state index in [2.05, 4.69) is 25.0 Å². The van der Waals surface area contributed by atoms with Crippen LogP contribution >= 0.6 is 11.6 Å². The summed E-state index contributed by atoms with van der Waals surface area (Å²) >= 11 is 6.25. The largest absolute Gasteiger partial charge is 0.492 e. The molecule has 2 aromatic carbocycles. The molecule has 0 spiro atoms. The molecule has 2 N–H and O–H groups in total. The Kier molecular flexibility index (Phi) is 8.97. The summed E-state index contributed by atoms with van der Waals surface area (Å²) in [4.78, 5) is 13.0. The minimum Gasteiger partial charge on any atom is -0.492 e. The Hall–Kier alpha value is -3.02. The van der Waals surface area contributed by atoms with Gasteiger partial charge in [0.25, 0.3) is 0 Å². The standard InChI is InChI=1S/C22H25ClFN5O4S/c1-32-22-28-20(27-21(29-22)25-12-10-15-4-7-17(24)8-5-15)16-6-9-18(23)19(14-16)33-13-3-11-26-34(2,30)31/h4-9,14,26H,3,10-13H2,1-2H3,(H,25,27,28,29). The van der Waals surface area contributed by atoms with Crippen LogP contribution in [0.25, 0.3) is 11.4 Å². The van der Waals surface area contributed by atoms with Crippen molar-refractivity contribution in [2.75, 3.05) is 38.4 Å². The molecule has 1 heterocycles. The molecule has 3 rings (SSSR count). The van der Waals surface area contributed by atoms with Crippen LogP contribution in [0.4, 0.5) is 10.3 Å². The van der Waals surface area contributed by atoms with Crippen molar-refractivity contribution in [3.63, 3.8) is 0 Å². The Labute approximate surface area is 202 Å². The number of halogens is 2. The summed E-state index contributed by atoms with van der Waals surface area (Å²) in [6.07, 6.45) is 2.22. The second-order valence-electron chi connectivity index (χ2n) is 7.29. The normalized spacial score (nSPS) is 11.3. The van der Waals surface area contributed by atoms with Crippen molar-refractivity contribution >= 4 is 27.6 Å². The van der Waals surface area contributed by atoms with Crippen molar-refractivity contribution in [1.82, 2.24) is 19.7 Å². The molecule has 0 unspecified atom stereocenters. The van der Waals surface area contributed by atoms with Gasteiger partial charge in [0.05, 0.1) is 25.0 Å². The van der Waals surface area contributed by atoms with Crippen molar-refractivity contribution in [3.8, 4) is 23.1 Å². The zero-order valence-electron chi connectivity index (χ0n) is 18.7.